The van der Waals surface area contributed by atoms with Crippen molar-refractivity contribution in [3.05, 3.63) is 116 Å². The maximum atomic E-state index is 13.8. The SMILES string of the molecule is FC(F)(F)c1cccc2c(-c3cccc(NCc4ccc(Br)s4)c3)c(Cc3ccccc3)cnc12. The molecule has 0 bridgehead atoms. The van der Waals surface area contributed by atoms with Crippen molar-refractivity contribution < 1.29 is 13.2 Å². The summed E-state index contributed by atoms with van der Waals surface area (Å²) in [4.78, 5) is 5.47. The third kappa shape index (κ3) is 5.26. The lowest BCUT2D eigenvalue weighted by Crippen LogP contribution is -2.07. The number of fused-ring (bicyclic) bond motifs is 1. The highest BCUT2D eigenvalue weighted by Crippen LogP contribution is 2.39. The standard InChI is InChI=1S/C28H20BrF3N2S/c29-25-13-12-22(35-25)17-33-21-9-4-8-19(15-21)26-20(14-18-6-2-1-3-7-18)16-34-27-23(26)10-5-11-24(27)28(30,31)32/h1-13,15-16,33H,14,17H2. The molecule has 2 heterocycles. The molecule has 176 valence electrons. The second kappa shape index (κ2) is 9.84. The molecule has 35 heavy (non-hydrogen) atoms. The summed E-state index contributed by atoms with van der Waals surface area (Å²) in [7, 11) is 0. The first-order valence-corrected chi connectivity index (χ1v) is 12.6. The molecule has 0 fully saturated rings. The molecule has 1 N–H and O–H groups in total. The molecular formula is C28H20BrF3N2S. The molecule has 5 rings (SSSR count). The zero-order valence-corrected chi connectivity index (χ0v) is 20.8. The van der Waals surface area contributed by atoms with Crippen LogP contribution in [0.3, 0.4) is 0 Å². The van der Waals surface area contributed by atoms with Gasteiger partial charge in [-0.3, -0.25) is 4.98 Å². The lowest BCUT2D eigenvalue weighted by atomic mass is 9.91. The van der Waals surface area contributed by atoms with Gasteiger partial charge in [-0.25, -0.2) is 0 Å². The van der Waals surface area contributed by atoms with Gasteiger partial charge in [0.1, 0.15) is 0 Å². The second-order valence-electron chi connectivity index (χ2n) is 8.16. The van der Waals surface area contributed by atoms with Crippen LogP contribution in [0, 0.1) is 0 Å². The van der Waals surface area contributed by atoms with E-state index in [0.29, 0.717) is 18.4 Å². The van der Waals surface area contributed by atoms with Crippen LogP contribution in [0.5, 0.6) is 0 Å². The number of hydrogen-bond acceptors (Lipinski definition) is 3. The Morgan fingerprint density at radius 1 is 0.886 bits per heavy atom. The molecule has 3 aromatic carbocycles. The monoisotopic (exact) mass is 552 g/mol. The summed E-state index contributed by atoms with van der Waals surface area (Å²) in [5.41, 5.74) is 3.71. The zero-order chi connectivity index (χ0) is 24.4. The van der Waals surface area contributed by atoms with Crippen LogP contribution in [0.25, 0.3) is 22.0 Å². The molecule has 0 radical (unpaired) electrons. The van der Waals surface area contributed by atoms with Crippen molar-refractivity contribution >= 4 is 43.9 Å². The number of para-hydroxylation sites is 1. The fourth-order valence-electron chi connectivity index (χ4n) is 4.20. The van der Waals surface area contributed by atoms with E-state index in [1.54, 1.807) is 23.6 Å². The van der Waals surface area contributed by atoms with Gasteiger partial charge in [0.2, 0.25) is 0 Å². The van der Waals surface area contributed by atoms with Gasteiger partial charge < -0.3 is 5.32 Å². The Bertz CT molecular complexity index is 1480. The Balaban J connectivity index is 1.62. The molecule has 0 aliphatic rings. The number of hydrogen-bond donors (Lipinski definition) is 1. The quantitative estimate of drug-likeness (QED) is 0.227. The van der Waals surface area contributed by atoms with Crippen molar-refractivity contribution in [2.24, 2.45) is 0 Å². The molecule has 5 aromatic rings. The summed E-state index contributed by atoms with van der Waals surface area (Å²) in [6.07, 6.45) is -2.33. The summed E-state index contributed by atoms with van der Waals surface area (Å²) in [5, 5.41) is 3.92. The first-order valence-electron chi connectivity index (χ1n) is 11.0. The fourth-order valence-corrected chi connectivity index (χ4v) is 5.63. The van der Waals surface area contributed by atoms with E-state index in [1.807, 2.05) is 60.7 Å². The van der Waals surface area contributed by atoms with E-state index in [-0.39, 0.29) is 5.52 Å². The second-order valence-corrected chi connectivity index (χ2v) is 10.7. The molecule has 0 saturated heterocycles. The lowest BCUT2D eigenvalue weighted by Gasteiger charge is -2.17. The first-order chi connectivity index (χ1) is 16.9. The Kier molecular flexibility index (Phi) is 6.62. The van der Waals surface area contributed by atoms with Gasteiger partial charge in [0.25, 0.3) is 0 Å². The van der Waals surface area contributed by atoms with Crippen molar-refractivity contribution in [2.75, 3.05) is 5.32 Å². The third-order valence-electron chi connectivity index (χ3n) is 5.77. The number of pyridine rings is 1. The number of rotatable bonds is 6. The molecule has 0 saturated carbocycles. The van der Waals surface area contributed by atoms with Gasteiger partial charge >= 0.3 is 6.18 Å². The topological polar surface area (TPSA) is 24.9 Å². The van der Waals surface area contributed by atoms with Gasteiger partial charge in [-0.2, -0.15) is 13.2 Å². The predicted molar refractivity (Wildman–Crippen MR) is 141 cm³/mol. The minimum atomic E-state index is -4.48. The number of aromatic nitrogens is 1. The molecule has 0 aliphatic heterocycles. The summed E-state index contributed by atoms with van der Waals surface area (Å²) in [5.74, 6) is 0. The fraction of sp³-hybridized carbons (Fsp3) is 0.107. The van der Waals surface area contributed by atoms with Gasteiger partial charge in [-0.05, 0) is 74.9 Å². The normalized spacial score (nSPS) is 11.7. The summed E-state index contributed by atoms with van der Waals surface area (Å²) in [6.45, 7) is 0.659. The van der Waals surface area contributed by atoms with Crippen LogP contribution in [-0.4, -0.2) is 4.98 Å². The molecule has 0 aliphatic carbocycles. The van der Waals surface area contributed by atoms with Crippen molar-refractivity contribution in [1.29, 1.82) is 0 Å². The summed E-state index contributed by atoms with van der Waals surface area (Å²) >= 11 is 5.14. The van der Waals surface area contributed by atoms with E-state index < -0.39 is 11.7 Å². The molecule has 0 atom stereocenters. The number of anilines is 1. The lowest BCUT2D eigenvalue weighted by molar-refractivity contribution is -0.136. The van der Waals surface area contributed by atoms with Crippen LogP contribution in [0.4, 0.5) is 18.9 Å². The largest absolute Gasteiger partial charge is 0.418 e. The van der Waals surface area contributed by atoms with Crippen LogP contribution in [-0.2, 0) is 19.1 Å². The van der Waals surface area contributed by atoms with E-state index >= 15 is 0 Å². The molecule has 0 spiro atoms. The average Bonchev–Trinajstić information content (AvgIpc) is 3.27. The smallest absolute Gasteiger partial charge is 0.380 e. The maximum Gasteiger partial charge on any atom is 0.418 e. The number of thiophene rings is 1. The van der Waals surface area contributed by atoms with E-state index in [1.165, 1.54) is 10.9 Å². The Labute approximate surface area is 213 Å². The molecule has 2 nitrogen and oxygen atoms in total. The van der Waals surface area contributed by atoms with Crippen molar-refractivity contribution in [2.45, 2.75) is 19.1 Å². The zero-order valence-electron chi connectivity index (χ0n) is 18.4. The Morgan fingerprint density at radius 2 is 1.69 bits per heavy atom. The van der Waals surface area contributed by atoms with Crippen LogP contribution >= 0.6 is 27.3 Å². The van der Waals surface area contributed by atoms with Crippen molar-refractivity contribution in [3.63, 3.8) is 0 Å². The maximum absolute atomic E-state index is 13.8. The Hall–Kier alpha value is -3.16. The molecular weight excluding hydrogens is 533 g/mol. The van der Waals surface area contributed by atoms with Gasteiger partial charge in [0.15, 0.2) is 0 Å². The van der Waals surface area contributed by atoms with Crippen molar-refractivity contribution in [1.82, 2.24) is 4.98 Å². The molecule has 0 unspecified atom stereocenters. The summed E-state index contributed by atoms with van der Waals surface area (Å²) in [6, 6.07) is 26.0. The van der Waals surface area contributed by atoms with Gasteiger partial charge in [0.05, 0.1) is 14.9 Å². The molecule has 7 heteroatoms. The van der Waals surface area contributed by atoms with Crippen LogP contribution in [0.1, 0.15) is 21.6 Å². The summed E-state index contributed by atoms with van der Waals surface area (Å²) < 4.78 is 42.4. The Morgan fingerprint density at radius 3 is 2.43 bits per heavy atom. The number of nitrogens with zero attached hydrogens (tertiary/aromatic N) is 1. The van der Waals surface area contributed by atoms with Crippen molar-refractivity contribution in [3.8, 4) is 11.1 Å². The highest BCUT2D eigenvalue weighted by Gasteiger charge is 2.33. The van der Waals surface area contributed by atoms with E-state index in [0.717, 1.165) is 37.8 Å². The minimum absolute atomic E-state index is 0.0337. The number of benzene rings is 3. The highest BCUT2D eigenvalue weighted by molar-refractivity contribution is 9.11. The van der Waals surface area contributed by atoms with E-state index in [2.05, 4.69) is 32.3 Å². The minimum Gasteiger partial charge on any atom is -0.380 e. The van der Waals surface area contributed by atoms with Crippen LogP contribution in [0.15, 0.2) is 94.9 Å². The van der Waals surface area contributed by atoms with E-state index in [4.69, 9.17) is 0 Å². The first kappa shape index (κ1) is 23.6. The number of alkyl halides is 3. The molecule has 0 amide bonds. The third-order valence-corrected chi connectivity index (χ3v) is 7.39. The highest BCUT2D eigenvalue weighted by atomic mass is 79.9. The van der Waals surface area contributed by atoms with Gasteiger partial charge in [0, 0.05) is 28.7 Å². The van der Waals surface area contributed by atoms with Crippen LogP contribution in [0.2, 0.25) is 0 Å². The average molecular weight is 553 g/mol. The number of halogens is 4. The van der Waals surface area contributed by atoms with Gasteiger partial charge in [-0.15, -0.1) is 11.3 Å². The van der Waals surface area contributed by atoms with Gasteiger partial charge in [-0.1, -0.05) is 54.6 Å². The number of nitrogens with one attached hydrogen (secondary N) is 1. The molecule has 2 aromatic heterocycles. The van der Waals surface area contributed by atoms with Crippen LogP contribution < -0.4 is 5.32 Å². The van der Waals surface area contributed by atoms with E-state index in [9.17, 15) is 13.2 Å². The predicted octanol–water partition coefficient (Wildman–Crippen LogP) is 8.95.